The predicted octanol–water partition coefficient (Wildman–Crippen LogP) is 6.34. The maximum absolute atomic E-state index is 14.1. The molecule has 1 aliphatic rings. The Bertz CT molecular complexity index is 985. The monoisotopic (exact) mass is 542 g/mol. The highest BCUT2D eigenvalue weighted by Gasteiger charge is 2.87. The van der Waals surface area contributed by atoms with E-state index in [1.165, 1.54) is 45.0 Å². The Morgan fingerprint density at radius 1 is 0.861 bits per heavy atom. The standard InChI is InChI=1S/C21H21F11N2O2/c1-16(2,3)36-15(35)34-14-12-7-5-4-6-11(12)8-9-13(14)33-10-17(22,23)18(24,25)19(26,27)20(28,29)21(30,31)32/h4-9,13-14,33H,10H2,1-3H3,(H,34,35)/t13-,14-/m1/s1. The van der Waals surface area contributed by atoms with E-state index in [0.717, 1.165) is 6.08 Å². The van der Waals surface area contributed by atoms with Gasteiger partial charge < -0.3 is 15.4 Å². The summed E-state index contributed by atoms with van der Waals surface area (Å²) in [6, 6.07) is 3.18. The smallest absolute Gasteiger partial charge is 0.444 e. The maximum atomic E-state index is 14.1. The van der Waals surface area contributed by atoms with E-state index in [1.807, 2.05) is 0 Å². The summed E-state index contributed by atoms with van der Waals surface area (Å²) in [5.74, 6) is -28.2. The number of hydrogen-bond acceptors (Lipinski definition) is 3. The topological polar surface area (TPSA) is 50.4 Å². The third-order valence-electron chi connectivity index (χ3n) is 5.01. The van der Waals surface area contributed by atoms with E-state index >= 15 is 0 Å². The number of amides is 1. The van der Waals surface area contributed by atoms with Crippen molar-refractivity contribution >= 4 is 12.2 Å². The van der Waals surface area contributed by atoms with Gasteiger partial charge in [0.1, 0.15) is 5.60 Å². The minimum absolute atomic E-state index is 0.257. The molecule has 2 rings (SSSR count). The van der Waals surface area contributed by atoms with E-state index in [0.29, 0.717) is 5.56 Å². The van der Waals surface area contributed by atoms with Crippen molar-refractivity contribution in [2.24, 2.45) is 0 Å². The first-order valence-electron chi connectivity index (χ1n) is 10.1. The molecule has 0 bridgehead atoms. The molecule has 0 aromatic heterocycles. The molecule has 0 radical (unpaired) electrons. The Morgan fingerprint density at radius 3 is 1.94 bits per heavy atom. The van der Waals surface area contributed by atoms with Crippen LogP contribution in [0.4, 0.5) is 53.1 Å². The van der Waals surface area contributed by atoms with E-state index in [1.54, 1.807) is 11.4 Å². The Morgan fingerprint density at radius 2 is 1.42 bits per heavy atom. The summed E-state index contributed by atoms with van der Waals surface area (Å²) in [5.41, 5.74) is -0.307. The lowest BCUT2D eigenvalue weighted by Crippen LogP contribution is -2.68. The number of carbonyl (C=O) groups excluding carboxylic acids is 1. The number of carbonyl (C=O) groups is 1. The molecule has 0 saturated heterocycles. The molecular weight excluding hydrogens is 521 g/mol. The Balaban J connectivity index is 2.32. The van der Waals surface area contributed by atoms with Crippen LogP contribution in [0.5, 0.6) is 0 Å². The van der Waals surface area contributed by atoms with E-state index in [9.17, 15) is 53.1 Å². The SMILES string of the molecule is CC(C)(C)OC(=O)N[C@@H]1c2ccccc2C=C[C@H]1NCC(F)(F)C(F)(F)C(F)(F)C(F)(F)C(F)(F)F. The normalized spacial score (nSPS) is 19.6. The average Bonchev–Trinajstić information content (AvgIpc) is 2.70. The zero-order chi connectivity index (χ0) is 28.0. The summed E-state index contributed by atoms with van der Waals surface area (Å²) in [6.07, 6.45) is -5.91. The van der Waals surface area contributed by atoms with Crippen LogP contribution in [0.25, 0.3) is 6.08 Å². The Labute approximate surface area is 197 Å². The first-order valence-corrected chi connectivity index (χ1v) is 10.1. The molecule has 0 saturated carbocycles. The van der Waals surface area contributed by atoms with Gasteiger partial charge in [0, 0.05) is 0 Å². The van der Waals surface area contributed by atoms with E-state index in [2.05, 4.69) is 5.32 Å². The fourth-order valence-electron chi connectivity index (χ4n) is 3.21. The van der Waals surface area contributed by atoms with Crippen LogP contribution in [0.2, 0.25) is 0 Å². The lowest BCUT2D eigenvalue weighted by molar-refractivity contribution is -0.421. The third kappa shape index (κ3) is 5.54. The van der Waals surface area contributed by atoms with Gasteiger partial charge in [0.2, 0.25) is 0 Å². The van der Waals surface area contributed by atoms with Crippen LogP contribution in [0, 0.1) is 0 Å². The lowest BCUT2D eigenvalue weighted by atomic mass is 9.89. The molecule has 1 aromatic carbocycles. The molecule has 1 amide bonds. The fourth-order valence-corrected chi connectivity index (χ4v) is 3.21. The van der Waals surface area contributed by atoms with Crippen LogP contribution in [0.15, 0.2) is 30.3 Å². The number of alkyl halides is 11. The highest BCUT2D eigenvalue weighted by molar-refractivity contribution is 5.70. The van der Waals surface area contributed by atoms with Crippen molar-refractivity contribution < 1.29 is 57.8 Å². The van der Waals surface area contributed by atoms with Crippen LogP contribution in [-0.2, 0) is 4.74 Å². The third-order valence-corrected chi connectivity index (χ3v) is 5.01. The van der Waals surface area contributed by atoms with Crippen molar-refractivity contribution in [1.29, 1.82) is 0 Å². The fraction of sp³-hybridized carbons (Fsp3) is 0.571. The first kappa shape index (κ1) is 29.6. The van der Waals surface area contributed by atoms with Gasteiger partial charge in [-0.15, -0.1) is 0 Å². The van der Waals surface area contributed by atoms with Crippen LogP contribution >= 0.6 is 0 Å². The molecule has 4 nitrogen and oxygen atoms in total. The number of fused-ring (bicyclic) bond motifs is 1. The molecule has 36 heavy (non-hydrogen) atoms. The summed E-state index contributed by atoms with van der Waals surface area (Å²) < 4.78 is 151. The van der Waals surface area contributed by atoms with Gasteiger partial charge in [0.05, 0.1) is 18.6 Å². The molecule has 1 aliphatic carbocycles. The molecular formula is C21H21F11N2O2. The van der Waals surface area contributed by atoms with Crippen molar-refractivity contribution in [1.82, 2.24) is 10.6 Å². The number of ether oxygens (including phenoxy) is 1. The number of rotatable bonds is 7. The van der Waals surface area contributed by atoms with E-state index < -0.39 is 60.2 Å². The van der Waals surface area contributed by atoms with Crippen LogP contribution in [0.3, 0.4) is 0 Å². The van der Waals surface area contributed by atoms with Gasteiger partial charge in [0.15, 0.2) is 0 Å². The molecule has 2 N–H and O–H groups in total. The second kappa shape index (κ2) is 9.38. The van der Waals surface area contributed by atoms with Crippen molar-refractivity contribution in [3.8, 4) is 0 Å². The number of benzene rings is 1. The zero-order valence-electron chi connectivity index (χ0n) is 18.8. The van der Waals surface area contributed by atoms with Crippen molar-refractivity contribution in [3.63, 3.8) is 0 Å². The Kier molecular flexibility index (Phi) is 7.72. The highest BCUT2D eigenvalue weighted by atomic mass is 19.4. The number of hydrogen-bond donors (Lipinski definition) is 2. The molecule has 0 unspecified atom stereocenters. The van der Waals surface area contributed by atoms with E-state index in [-0.39, 0.29) is 5.56 Å². The van der Waals surface area contributed by atoms with Gasteiger partial charge in [-0.25, -0.2) is 4.79 Å². The lowest BCUT2D eigenvalue weighted by Gasteiger charge is -2.38. The maximum Gasteiger partial charge on any atom is 0.460 e. The molecule has 0 spiro atoms. The molecule has 2 atom stereocenters. The van der Waals surface area contributed by atoms with Crippen LogP contribution < -0.4 is 10.6 Å². The second-order valence-corrected chi connectivity index (χ2v) is 8.94. The zero-order valence-corrected chi connectivity index (χ0v) is 18.8. The molecule has 0 fully saturated rings. The number of alkyl carbamates (subject to hydrolysis) is 1. The largest absolute Gasteiger partial charge is 0.460 e. The molecule has 0 aliphatic heterocycles. The molecule has 15 heteroatoms. The van der Waals surface area contributed by atoms with Gasteiger partial charge in [-0.1, -0.05) is 36.4 Å². The summed E-state index contributed by atoms with van der Waals surface area (Å²) in [5, 5.41) is 4.05. The Hall–Kier alpha value is -2.58. The van der Waals surface area contributed by atoms with Gasteiger partial charge in [0.25, 0.3) is 0 Å². The minimum atomic E-state index is -7.49. The van der Waals surface area contributed by atoms with Crippen LogP contribution in [0.1, 0.15) is 37.9 Å². The number of nitrogens with one attached hydrogen (secondary N) is 2. The van der Waals surface area contributed by atoms with Crippen molar-refractivity contribution in [2.75, 3.05) is 6.54 Å². The minimum Gasteiger partial charge on any atom is -0.444 e. The van der Waals surface area contributed by atoms with E-state index in [4.69, 9.17) is 4.74 Å². The molecule has 0 heterocycles. The summed E-state index contributed by atoms with van der Waals surface area (Å²) in [7, 11) is 0. The summed E-state index contributed by atoms with van der Waals surface area (Å²) in [4.78, 5) is 12.2. The highest BCUT2D eigenvalue weighted by Crippen LogP contribution is 2.57. The summed E-state index contributed by atoms with van der Waals surface area (Å²) >= 11 is 0. The predicted molar refractivity (Wildman–Crippen MR) is 105 cm³/mol. The quantitative estimate of drug-likeness (QED) is 0.396. The van der Waals surface area contributed by atoms with Crippen molar-refractivity contribution in [3.05, 3.63) is 41.5 Å². The van der Waals surface area contributed by atoms with Crippen molar-refractivity contribution in [2.45, 2.75) is 68.3 Å². The van der Waals surface area contributed by atoms with Gasteiger partial charge >= 0.3 is 36.0 Å². The second-order valence-electron chi connectivity index (χ2n) is 8.94. The molecule has 204 valence electrons. The van der Waals surface area contributed by atoms with Crippen LogP contribution in [-0.4, -0.2) is 54.1 Å². The summed E-state index contributed by atoms with van der Waals surface area (Å²) in [6.45, 7) is 2.04. The first-order chi connectivity index (χ1) is 16.1. The molecule has 1 aromatic rings. The van der Waals surface area contributed by atoms with Gasteiger partial charge in [-0.05, 0) is 31.9 Å². The average molecular weight is 542 g/mol. The number of halogens is 11. The van der Waals surface area contributed by atoms with Gasteiger partial charge in [-0.3, -0.25) is 0 Å². The van der Waals surface area contributed by atoms with Gasteiger partial charge in [-0.2, -0.15) is 48.3 Å².